The van der Waals surface area contributed by atoms with E-state index in [0.29, 0.717) is 37.4 Å². The minimum atomic E-state index is -4.62. The fourth-order valence-corrected chi connectivity index (χ4v) is 5.92. The molecule has 0 spiro atoms. The second-order valence-electron chi connectivity index (χ2n) is 11.1. The largest absolute Gasteiger partial charge is 0.416 e. The topological polar surface area (TPSA) is 63.5 Å². The molecule has 0 unspecified atom stereocenters. The summed E-state index contributed by atoms with van der Waals surface area (Å²) in [6.45, 7) is 3.35. The monoisotopic (exact) mass is 543 g/mol. The van der Waals surface area contributed by atoms with Crippen molar-refractivity contribution in [3.63, 3.8) is 0 Å². The Morgan fingerprint density at radius 3 is 2.56 bits per heavy atom. The van der Waals surface area contributed by atoms with Gasteiger partial charge in [-0.1, -0.05) is 19.1 Å². The Hall–Kier alpha value is -3.31. The highest BCUT2D eigenvalue weighted by atomic mass is 19.4. The molecular weight excluding hydrogens is 514 g/mol. The normalized spacial score (nSPS) is 22.8. The average molecular weight is 544 g/mol. The third kappa shape index (κ3) is 4.61. The molecule has 0 bridgehead atoms. The number of hydrogen-bond acceptors (Lipinski definition) is 5. The van der Waals surface area contributed by atoms with Crippen LogP contribution in [0.5, 0.6) is 0 Å². The van der Waals surface area contributed by atoms with Gasteiger partial charge in [-0.3, -0.25) is 9.69 Å². The SMILES string of the molecule is C[C@@H]1CN(Cc2cc3c(c(C(F)(F)F)c2)CN(c2cccc(C4(Cc5nncn5C)COC4)c2)C3=O)C[C@@H]1F. The first-order valence-corrected chi connectivity index (χ1v) is 13.0. The van der Waals surface area contributed by atoms with Gasteiger partial charge in [0, 0.05) is 55.7 Å². The zero-order chi connectivity index (χ0) is 27.5. The van der Waals surface area contributed by atoms with Gasteiger partial charge in [-0.05, 0) is 41.0 Å². The van der Waals surface area contributed by atoms with Crippen molar-refractivity contribution >= 4 is 11.6 Å². The van der Waals surface area contributed by atoms with Crippen molar-refractivity contribution in [2.45, 2.75) is 44.2 Å². The number of halogens is 4. The summed E-state index contributed by atoms with van der Waals surface area (Å²) in [5.41, 5.74) is 0.672. The van der Waals surface area contributed by atoms with Gasteiger partial charge in [-0.15, -0.1) is 10.2 Å². The van der Waals surface area contributed by atoms with Crippen molar-refractivity contribution in [3.05, 3.63) is 76.4 Å². The predicted molar refractivity (Wildman–Crippen MR) is 135 cm³/mol. The minimum Gasteiger partial charge on any atom is -0.379 e. The number of benzene rings is 2. The molecule has 3 aliphatic heterocycles. The standard InChI is InChI=1S/C28H29F4N5O2/c1-17-10-36(13-24(17)29)11-18-6-21-22(23(7-18)28(30,31)32)12-37(26(21)38)20-5-3-4-19(8-20)27(14-39-15-27)9-25-34-33-16-35(25)2/h3-8,16-17,24H,9-15H2,1-2H3/t17-,24+/m1/s1. The van der Waals surface area contributed by atoms with Crippen molar-refractivity contribution in [1.29, 1.82) is 0 Å². The van der Waals surface area contributed by atoms with Gasteiger partial charge in [0.1, 0.15) is 18.3 Å². The number of anilines is 1. The van der Waals surface area contributed by atoms with Gasteiger partial charge in [0.15, 0.2) is 0 Å². The van der Waals surface area contributed by atoms with Crippen LogP contribution in [-0.4, -0.2) is 58.0 Å². The number of aromatic nitrogens is 3. The third-order valence-electron chi connectivity index (χ3n) is 8.24. The van der Waals surface area contributed by atoms with E-state index < -0.39 is 23.8 Å². The number of ether oxygens (including phenoxy) is 1. The van der Waals surface area contributed by atoms with E-state index >= 15 is 0 Å². The second kappa shape index (κ2) is 9.41. The number of rotatable bonds is 6. The van der Waals surface area contributed by atoms with Crippen LogP contribution in [0.4, 0.5) is 23.2 Å². The van der Waals surface area contributed by atoms with Crippen LogP contribution in [0.2, 0.25) is 0 Å². The van der Waals surface area contributed by atoms with E-state index in [4.69, 9.17) is 4.74 Å². The zero-order valence-electron chi connectivity index (χ0n) is 21.7. The Kier molecular flexibility index (Phi) is 6.26. The molecule has 0 aliphatic carbocycles. The molecule has 7 nitrogen and oxygen atoms in total. The summed E-state index contributed by atoms with van der Waals surface area (Å²) >= 11 is 0. The first kappa shape index (κ1) is 25.9. The molecule has 4 heterocycles. The van der Waals surface area contributed by atoms with Crippen molar-refractivity contribution in [1.82, 2.24) is 19.7 Å². The number of nitrogens with zero attached hydrogens (tertiary/aromatic N) is 5. The van der Waals surface area contributed by atoms with Crippen molar-refractivity contribution in [2.75, 3.05) is 31.2 Å². The van der Waals surface area contributed by atoms with Gasteiger partial charge in [0.25, 0.3) is 5.91 Å². The first-order valence-electron chi connectivity index (χ1n) is 13.0. The van der Waals surface area contributed by atoms with Gasteiger partial charge in [-0.25, -0.2) is 4.39 Å². The van der Waals surface area contributed by atoms with Crippen molar-refractivity contribution < 1.29 is 27.1 Å². The maximum Gasteiger partial charge on any atom is 0.416 e. The molecule has 3 aromatic rings. The lowest BCUT2D eigenvalue weighted by molar-refractivity contribution is -0.138. The van der Waals surface area contributed by atoms with Crippen LogP contribution in [0, 0.1) is 5.92 Å². The van der Waals surface area contributed by atoms with E-state index in [9.17, 15) is 22.4 Å². The molecule has 2 aromatic carbocycles. The maximum atomic E-state index is 14.2. The summed E-state index contributed by atoms with van der Waals surface area (Å²) < 4.78 is 64.0. The van der Waals surface area contributed by atoms with Gasteiger partial charge in [0.05, 0.1) is 25.3 Å². The number of carbonyl (C=O) groups excluding carboxylic acids is 1. The Morgan fingerprint density at radius 2 is 1.95 bits per heavy atom. The van der Waals surface area contributed by atoms with Gasteiger partial charge in [-0.2, -0.15) is 13.2 Å². The molecule has 3 aliphatic rings. The summed E-state index contributed by atoms with van der Waals surface area (Å²) in [6, 6.07) is 10.0. The lowest BCUT2D eigenvalue weighted by Gasteiger charge is -2.42. The fourth-order valence-electron chi connectivity index (χ4n) is 5.92. The Morgan fingerprint density at radius 1 is 1.15 bits per heavy atom. The van der Waals surface area contributed by atoms with E-state index in [0.717, 1.165) is 17.5 Å². The van der Waals surface area contributed by atoms with Crippen LogP contribution in [-0.2, 0) is 42.9 Å². The third-order valence-corrected chi connectivity index (χ3v) is 8.24. The summed E-state index contributed by atoms with van der Waals surface area (Å²) in [7, 11) is 1.87. The van der Waals surface area contributed by atoms with Gasteiger partial charge >= 0.3 is 6.18 Å². The Balaban J connectivity index is 1.31. The molecule has 1 aromatic heterocycles. The quantitative estimate of drug-likeness (QED) is 0.434. The predicted octanol–water partition coefficient (Wildman–Crippen LogP) is 4.29. The van der Waals surface area contributed by atoms with E-state index in [1.165, 1.54) is 4.90 Å². The molecule has 0 radical (unpaired) electrons. The number of amides is 1. The van der Waals surface area contributed by atoms with E-state index in [-0.39, 0.29) is 42.1 Å². The summed E-state index contributed by atoms with van der Waals surface area (Å²) in [4.78, 5) is 16.8. The highest BCUT2D eigenvalue weighted by Crippen LogP contribution is 2.42. The lowest BCUT2D eigenvalue weighted by Crippen LogP contribution is -2.49. The molecule has 2 saturated heterocycles. The van der Waals surface area contributed by atoms with Crippen molar-refractivity contribution in [3.8, 4) is 0 Å². The zero-order valence-corrected chi connectivity index (χ0v) is 21.7. The van der Waals surface area contributed by atoms with Crippen LogP contribution in [0.3, 0.4) is 0 Å². The molecule has 39 heavy (non-hydrogen) atoms. The molecule has 2 fully saturated rings. The smallest absolute Gasteiger partial charge is 0.379 e. The molecule has 11 heteroatoms. The molecule has 1 amide bonds. The van der Waals surface area contributed by atoms with Crippen LogP contribution >= 0.6 is 0 Å². The number of aryl methyl sites for hydroxylation is 1. The highest BCUT2D eigenvalue weighted by molar-refractivity contribution is 6.10. The minimum absolute atomic E-state index is 0.0272. The van der Waals surface area contributed by atoms with Crippen LogP contribution in [0.1, 0.15) is 45.4 Å². The lowest BCUT2D eigenvalue weighted by atomic mass is 9.75. The van der Waals surface area contributed by atoms with Crippen LogP contribution in [0.15, 0.2) is 42.7 Å². The molecule has 2 atom stereocenters. The molecule has 206 valence electrons. The van der Waals surface area contributed by atoms with Gasteiger partial charge < -0.3 is 14.2 Å². The summed E-state index contributed by atoms with van der Waals surface area (Å²) in [5, 5.41) is 8.15. The average Bonchev–Trinajstić information content (AvgIpc) is 3.52. The Bertz CT molecular complexity index is 1410. The first-order chi connectivity index (χ1) is 18.5. The van der Waals surface area contributed by atoms with E-state index in [1.807, 2.05) is 29.8 Å². The Labute approximate surface area is 223 Å². The number of fused-ring (bicyclic) bond motifs is 1. The second-order valence-corrected chi connectivity index (χ2v) is 11.1. The summed E-state index contributed by atoms with van der Waals surface area (Å²) in [6.07, 6.45) is -3.42. The number of likely N-dealkylation sites (tertiary alicyclic amines) is 1. The summed E-state index contributed by atoms with van der Waals surface area (Å²) in [5.74, 6) is 0.144. The molecular formula is C28H29F4N5O2. The molecule has 6 rings (SSSR count). The molecule has 0 N–H and O–H groups in total. The van der Waals surface area contributed by atoms with Crippen molar-refractivity contribution in [2.24, 2.45) is 13.0 Å². The fraction of sp³-hybridized carbons (Fsp3) is 0.464. The number of carbonyl (C=O) groups is 1. The molecule has 0 saturated carbocycles. The van der Waals surface area contributed by atoms with E-state index in [1.54, 1.807) is 30.3 Å². The highest BCUT2D eigenvalue weighted by Gasteiger charge is 2.44. The number of hydrogen-bond donors (Lipinski definition) is 0. The van der Waals surface area contributed by atoms with Crippen LogP contribution < -0.4 is 4.90 Å². The van der Waals surface area contributed by atoms with E-state index in [2.05, 4.69) is 10.2 Å². The maximum absolute atomic E-state index is 14.2. The van der Waals surface area contributed by atoms with Gasteiger partial charge in [0.2, 0.25) is 0 Å². The van der Waals surface area contributed by atoms with Crippen LogP contribution in [0.25, 0.3) is 0 Å². The number of alkyl halides is 4.